The Kier molecular flexibility index (Phi) is 5.78. The first kappa shape index (κ1) is 17.1. The van der Waals surface area contributed by atoms with Gasteiger partial charge in [-0.3, -0.25) is 14.9 Å². The van der Waals surface area contributed by atoms with Crippen LogP contribution in [0.1, 0.15) is 15.9 Å². The van der Waals surface area contributed by atoms with Gasteiger partial charge in [0.05, 0.1) is 11.1 Å². The second-order valence-electron chi connectivity index (χ2n) is 4.46. The number of anilines is 1. The van der Waals surface area contributed by atoms with E-state index in [1.165, 1.54) is 18.0 Å². The third-order valence-electron chi connectivity index (χ3n) is 3.01. The summed E-state index contributed by atoms with van der Waals surface area (Å²) in [6.07, 6.45) is 3.82. The fourth-order valence-electron chi connectivity index (χ4n) is 2.00. The van der Waals surface area contributed by atoms with Gasteiger partial charge in [-0.05, 0) is 36.6 Å². The Morgan fingerprint density at radius 2 is 2.00 bits per heavy atom. The van der Waals surface area contributed by atoms with Crippen molar-refractivity contribution in [2.75, 3.05) is 11.6 Å². The van der Waals surface area contributed by atoms with Crippen LogP contribution in [0, 0.1) is 10.1 Å². The molecule has 0 radical (unpaired) electrons. The first-order valence-corrected chi connectivity index (χ1v) is 8.17. The SMILES string of the molecule is CSc1ccccc1C(=O)c1cc(Cl)ccc1NC=C[N+](=O)[O-]. The first-order chi connectivity index (χ1) is 11.0. The molecule has 0 fully saturated rings. The Hall–Kier alpha value is -2.31. The number of nitrogens with zero attached hydrogens (tertiary/aromatic N) is 1. The van der Waals surface area contributed by atoms with Crippen molar-refractivity contribution in [2.45, 2.75) is 4.90 Å². The molecule has 0 aliphatic carbocycles. The summed E-state index contributed by atoms with van der Waals surface area (Å²) in [6.45, 7) is 0. The fourth-order valence-corrected chi connectivity index (χ4v) is 2.76. The molecule has 0 heterocycles. The number of carbonyl (C=O) groups is 1. The third-order valence-corrected chi connectivity index (χ3v) is 4.04. The van der Waals surface area contributed by atoms with Crippen LogP contribution in [0.3, 0.4) is 0 Å². The number of nitro groups is 1. The smallest absolute Gasteiger partial charge is 0.250 e. The summed E-state index contributed by atoms with van der Waals surface area (Å²) in [7, 11) is 0. The molecule has 23 heavy (non-hydrogen) atoms. The molecule has 0 saturated carbocycles. The average molecular weight is 349 g/mol. The summed E-state index contributed by atoms with van der Waals surface area (Å²) in [5.74, 6) is -0.200. The van der Waals surface area contributed by atoms with Gasteiger partial charge in [-0.1, -0.05) is 23.7 Å². The van der Waals surface area contributed by atoms with Crippen molar-refractivity contribution in [3.05, 3.63) is 81.1 Å². The Morgan fingerprint density at radius 3 is 2.70 bits per heavy atom. The highest BCUT2D eigenvalue weighted by Gasteiger charge is 2.17. The molecule has 5 nitrogen and oxygen atoms in total. The number of carbonyl (C=O) groups excluding carboxylic acids is 1. The molecule has 1 N–H and O–H groups in total. The van der Waals surface area contributed by atoms with E-state index < -0.39 is 4.92 Å². The minimum Gasteiger partial charge on any atom is -0.356 e. The number of ketones is 1. The van der Waals surface area contributed by atoms with E-state index >= 15 is 0 Å². The fraction of sp³-hybridized carbons (Fsp3) is 0.0625. The predicted octanol–water partition coefficient (Wildman–Crippen LogP) is 4.45. The van der Waals surface area contributed by atoms with Crippen LogP contribution in [0.5, 0.6) is 0 Å². The van der Waals surface area contributed by atoms with Crippen LogP contribution in [0.25, 0.3) is 0 Å². The molecule has 0 atom stereocenters. The molecule has 0 saturated heterocycles. The Morgan fingerprint density at radius 1 is 1.26 bits per heavy atom. The Bertz CT molecular complexity index is 778. The van der Waals surface area contributed by atoms with Crippen LogP contribution in [-0.2, 0) is 0 Å². The zero-order chi connectivity index (χ0) is 16.8. The quantitative estimate of drug-likeness (QED) is 0.361. The number of thioether (sulfide) groups is 1. The van der Waals surface area contributed by atoms with E-state index in [4.69, 9.17) is 11.6 Å². The third kappa shape index (κ3) is 4.34. The zero-order valence-corrected chi connectivity index (χ0v) is 13.7. The highest BCUT2D eigenvalue weighted by molar-refractivity contribution is 7.98. The molecule has 118 valence electrons. The van der Waals surface area contributed by atoms with Gasteiger partial charge in [0.25, 0.3) is 0 Å². The topological polar surface area (TPSA) is 72.2 Å². The van der Waals surface area contributed by atoms with Crippen molar-refractivity contribution in [1.82, 2.24) is 0 Å². The van der Waals surface area contributed by atoms with Crippen molar-refractivity contribution in [2.24, 2.45) is 0 Å². The molecule has 0 spiro atoms. The summed E-state index contributed by atoms with van der Waals surface area (Å²) in [5.41, 5.74) is 1.36. The van der Waals surface area contributed by atoms with Gasteiger partial charge >= 0.3 is 0 Å². The van der Waals surface area contributed by atoms with Crippen molar-refractivity contribution >= 4 is 34.8 Å². The maximum absolute atomic E-state index is 12.8. The van der Waals surface area contributed by atoms with Gasteiger partial charge in [-0.25, -0.2) is 0 Å². The largest absolute Gasteiger partial charge is 0.356 e. The van der Waals surface area contributed by atoms with E-state index in [-0.39, 0.29) is 5.78 Å². The minimum atomic E-state index is -0.590. The molecular weight excluding hydrogens is 336 g/mol. The van der Waals surface area contributed by atoms with Gasteiger partial charge in [-0.2, -0.15) is 0 Å². The minimum absolute atomic E-state index is 0.200. The maximum Gasteiger partial charge on any atom is 0.250 e. The molecule has 0 aromatic heterocycles. The monoisotopic (exact) mass is 348 g/mol. The predicted molar refractivity (Wildman–Crippen MR) is 92.9 cm³/mol. The molecule has 2 aromatic carbocycles. The molecule has 0 aliphatic rings. The van der Waals surface area contributed by atoms with Crippen LogP contribution in [0.2, 0.25) is 5.02 Å². The highest BCUT2D eigenvalue weighted by atomic mass is 35.5. The van der Waals surface area contributed by atoms with Crippen LogP contribution in [-0.4, -0.2) is 17.0 Å². The second-order valence-corrected chi connectivity index (χ2v) is 5.75. The molecule has 0 amide bonds. The maximum atomic E-state index is 12.8. The van der Waals surface area contributed by atoms with Gasteiger partial charge < -0.3 is 5.32 Å². The summed E-state index contributed by atoms with van der Waals surface area (Å²) in [4.78, 5) is 23.4. The summed E-state index contributed by atoms with van der Waals surface area (Å²) in [5, 5.41) is 13.5. The molecular formula is C16H13ClN2O3S. The number of nitrogens with one attached hydrogen (secondary N) is 1. The lowest BCUT2D eigenvalue weighted by Crippen LogP contribution is -2.06. The Labute approximate surface area is 142 Å². The number of hydrogen-bond donors (Lipinski definition) is 1. The molecule has 0 aliphatic heterocycles. The van der Waals surface area contributed by atoms with Gasteiger partial charge in [-0.15, -0.1) is 11.8 Å². The molecule has 2 rings (SSSR count). The van der Waals surface area contributed by atoms with Crippen molar-refractivity contribution in [3.8, 4) is 0 Å². The van der Waals surface area contributed by atoms with E-state index in [0.29, 0.717) is 21.8 Å². The number of benzene rings is 2. The van der Waals surface area contributed by atoms with E-state index in [0.717, 1.165) is 11.1 Å². The lowest BCUT2D eigenvalue weighted by Gasteiger charge is -2.11. The van der Waals surface area contributed by atoms with Crippen LogP contribution >= 0.6 is 23.4 Å². The van der Waals surface area contributed by atoms with Gasteiger partial charge in [0, 0.05) is 26.7 Å². The van der Waals surface area contributed by atoms with Gasteiger partial charge in [0.2, 0.25) is 6.20 Å². The van der Waals surface area contributed by atoms with Crippen molar-refractivity contribution < 1.29 is 9.72 Å². The summed E-state index contributed by atoms with van der Waals surface area (Å²) in [6, 6.07) is 12.0. The lowest BCUT2D eigenvalue weighted by molar-refractivity contribution is -0.402. The summed E-state index contributed by atoms with van der Waals surface area (Å²) < 4.78 is 0. The summed E-state index contributed by atoms with van der Waals surface area (Å²) >= 11 is 7.47. The Balaban J connectivity index is 2.43. The lowest BCUT2D eigenvalue weighted by atomic mass is 10.0. The number of hydrogen-bond acceptors (Lipinski definition) is 5. The van der Waals surface area contributed by atoms with E-state index in [2.05, 4.69) is 5.32 Å². The number of rotatable bonds is 6. The van der Waals surface area contributed by atoms with Crippen LogP contribution in [0.15, 0.2) is 59.8 Å². The van der Waals surface area contributed by atoms with Crippen LogP contribution < -0.4 is 5.32 Å². The average Bonchev–Trinajstić information content (AvgIpc) is 2.55. The van der Waals surface area contributed by atoms with Gasteiger partial charge in [0.15, 0.2) is 5.78 Å². The normalized spacial score (nSPS) is 10.7. The first-order valence-electron chi connectivity index (χ1n) is 6.57. The zero-order valence-electron chi connectivity index (χ0n) is 12.2. The van der Waals surface area contributed by atoms with Gasteiger partial charge in [0.1, 0.15) is 0 Å². The van der Waals surface area contributed by atoms with Crippen LogP contribution in [0.4, 0.5) is 5.69 Å². The van der Waals surface area contributed by atoms with E-state index in [1.807, 2.05) is 18.4 Å². The molecule has 7 heteroatoms. The second kappa shape index (κ2) is 7.80. The van der Waals surface area contributed by atoms with E-state index in [1.54, 1.807) is 30.3 Å². The molecule has 2 aromatic rings. The molecule has 0 unspecified atom stereocenters. The standard InChI is InChI=1S/C16H13ClN2O3S/c1-23-15-5-3-2-4-12(15)16(20)13-10-11(17)6-7-14(13)18-8-9-19(21)22/h2-10,18H,1H3. The molecule has 0 bridgehead atoms. The van der Waals surface area contributed by atoms with Crippen molar-refractivity contribution in [3.63, 3.8) is 0 Å². The number of halogens is 1. The van der Waals surface area contributed by atoms with E-state index in [9.17, 15) is 14.9 Å². The highest BCUT2D eigenvalue weighted by Crippen LogP contribution is 2.27. The van der Waals surface area contributed by atoms with Crippen molar-refractivity contribution in [1.29, 1.82) is 0 Å².